The van der Waals surface area contributed by atoms with Crippen molar-refractivity contribution in [2.24, 2.45) is 0 Å². The smallest absolute Gasteiger partial charge is 0.261 e. The lowest BCUT2D eigenvalue weighted by molar-refractivity contribution is 0.102. The summed E-state index contributed by atoms with van der Waals surface area (Å²) in [5.41, 5.74) is 4.42. The monoisotopic (exact) mass is 541 g/mol. The van der Waals surface area contributed by atoms with Crippen molar-refractivity contribution < 1.29 is 4.79 Å². The molecule has 0 aliphatic carbocycles. The second-order valence-corrected chi connectivity index (χ2v) is 9.88. The summed E-state index contributed by atoms with van der Waals surface area (Å²) >= 11 is 12.3. The number of hydrogen-bond donors (Lipinski definition) is 1. The molecule has 1 N–H and O–H groups in total. The van der Waals surface area contributed by atoms with Crippen LogP contribution in [0, 0.1) is 0 Å². The van der Waals surface area contributed by atoms with Crippen LogP contribution in [0.15, 0.2) is 95.8 Å². The normalized spacial score (nSPS) is 11.0. The molecule has 0 aliphatic rings. The van der Waals surface area contributed by atoms with E-state index < -0.39 is 0 Å². The summed E-state index contributed by atoms with van der Waals surface area (Å²) in [6.07, 6.45) is 1.54. The third-order valence-electron chi connectivity index (χ3n) is 6.35. The minimum atomic E-state index is -0.282. The highest BCUT2D eigenvalue weighted by Gasteiger charge is 2.14. The first-order valence-corrected chi connectivity index (χ1v) is 13.1. The van der Waals surface area contributed by atoms with Gasteiger partial charge < -0.3 is 5.32 Å². The number of nitrogens with one attached hydrogen (secondary N) is 1. The summed E-state index contributed by atoms with van der Waals surface area (Å²) in [5, 5.41) is 4.56. The predicted octanol–water partition coefficient (Wildman–Crippen LogP) is 7.62. The first-order chi connectivity index (χ1) is 18.4. The molecule has 38 heavy (non-hydrogen) atoms. The molecule has 5 aromatic rings. The van der Waals surface area contributed by atoms with Gasteiger partial charge in [-0.1, -0.05) is 72.6 Å². The van der Waals surface area contributed by atoms with E-state index in [1.165, 1.54) is 0 Å². The zero-order chi connectivity index (χ0) is 26.6. The fraction of sp³-hybridized carbons (Fsp3) is 0.129. The largest absolute Gasteiger partial charge is 0.322 e. The van der Waals surface area contributed by atoms with E-state index in [-0.39, 0.29) is 11.5 Å². The van der Waals surface area contributed by atoms with Crippen LogP contribution in [-0.2, 0) is 13.0 Å². The van der Waals surface area contributed by atoms with Crippen LogP contribution in [-0.4, -0.2) is 15.5 Å². The fourth-order valence-electron chi connectivity index (χ4n) is 4.39. The molecule has 190 valence electrons. The molecule has 0 radical (unpaired) electrons. The molecular weight excluding hydrogens is 517 g/mol. The van der Waals surface area contributed by atoms with E-state index in [0.717, 1.165) is 28.9 Å². The molecule has 0 spiro atoms. The fourth-order valence-corrected chi connectivity index (χ4v) is 4.77. The van der Waals surface area contributed by atoms with E-state index in [0.29, 0.717) is 45.2 Å². The second-order valence-electron chi connectivity index (χ2n) is 9.04. The number of aromatic nitrogens is 2. The van der Waals surface area contributed by atoms with Crippen molar-refractivity contribution in [1.82, 2.24) is 9.55 Å². The SMILES string of the molecule is CCCc1nc2ccc(NC(=O)c3ccc(Cl)cc3)cc2c(=O)n1Cc1ccc(-c2ccccc2Cl)cc1. The minimum absolute atomic E-state index is 0.142. The van der Waals surface area contributed by atoms with Gasteiger partial charge >= 0.3 is 0 Å². The minimum Gasteiger partial charge on any atom is -0.322 e. The number of amides is 1. The van der Waals surface area contributed by atoms with Gasteiger partial charge in [0.2, 0.25) is 0 Å². The van der Waals surface area contributed by atoms with Gasteiger partial charge in [0.15, 0.2) is 0 Å². The lowest BCUT2D eigenvalue weighted by Gasteiger charge is -2.15. The summed E-state index contributed by atoms with van der Waals surface area (Å²) in [5.74, 6) is 0.452. The number of carbonyl (C=O) groups is 1. The Morgan fingerprint density at radius 3 is 2.37 bits per heavy atom. The Hall–Kier alpha value is -3.93. The molecule has 0 unspecified atom stereocenters. The Morgan fingerprint density at radius 1 is 0.921 bits per heavy atom. The van der Waals surface area contributed by atoms with E-state index >= 15 is 0 Å². The molecular formula is C31H25Cl2N3O2. The number of rotatable bonds is 7. The van der Waals surface area contributed by atoms with Crippen LogP contribution in [0.25, 0.3) is 22.0 Å². The first-order valence-electron chi connectivity index (χ1n) is 12.4. The van der Waals surface area contributed by atoms with Gasteiger partial charge in [0.1, 0.15) is 5.82 Å². The van der Waals surface area contributed by atoms with Crippen molar-refractivity contribution >= 4 is 45.7 Å². The molecule has 0 atom stereocenters. The zero-order valence-electron chi connectivity index (χ0n) is 20.7. The standard InChI is InChI=1S/C31H25Cl2N3O2/c1-2-5-29-35-28-17-16-24(34-30(37)22-12-14-23(32)15-13-22)18-26(28)31(38)36(29)19-20-8-10-21(11-9-20)25-6-3-4-7-27(25)33/h3-4,6-18H,2,5,19H2,1H3,(H,34,37). The first kappa shape index (κ1) is 25.7. The van der Waals surface area contributed by atoms with Crippen LogP contribution in [0.2, 0.25) is 10.0 Å². The molecule has 0 saturated heterocycles. The summed E-state index contributed by atoms with van der Waals surface area (Å²) < 4.78 is 1.72. The molecule has 1 heterocycles. The number of anilines is 1. The molecule has 0 saturated carbocycles. The van der Waals surface area contributed by atoms with Crippen LogP contribution >= 0.6 is 23.2 Å². The Bertz CT molecular complexity index is 1680. The molecule has 0 aliphatic heterocycles. The average Bonchev–Trinajstić information content (AvgIpc) is 2.92. The second kappa shape index (κ2) is 11.2. The van der Waals surface area contributed by atoms with Crippen molar-refractivity contribution in [2.45, 2.75) is 26.3 Å². The van der Waals surface area contributed by atoms with E-state index in [1.807, 2.05) is 48.5 Å². The van der Waals surface area contributed by atoms with Crippen LogP contribution in [0.5, 0.6) is 0 Å². The van der Waals surface area contributed by atoms with Crippen molar-refractivity contribution in [3.63, 3.8) is 0 Å². The lowest BCUT2D eigenvalue weighted by Crippen LogP contribution is -2.26. The van der Waals surface area contributed by atoms with Gasteiger partial charge in [-0.2, -0.15) is 0 Å². The summed E-state index contributed by atoms with van der Waals surface area (Å²) in [6.45, 7) is 2.45. The van der Waals surface area contributed by atoms with E-state index in [4.69, 9.17) is 28.2 Å². The molecule has 5 rings (SSSR count). The van der Waals surface area contributed by atoms with Gasteiger partial charge in [0.05, 0.1) is 17.4 Å². The quantitative estimate of drug-likeness (QED) is 0.230. The maximum atomic E-state index is 13.7. The third kappa shape index (κ3) is 5.49. The molecule has 5 nitrogen and oxygen atoms in total. The van der Waals surface area contributed by atoms with Gasteiger partial charge in [0, 0.05) is 33.3 Å². The molecule has 0 fully saturated rings. The number of benzene rings is 4. The summed E-state index contributed by atoms with van der Waals surface area (Å²) in [7, 11) is 0. The Labute approximate surface area is 230 Å². The molecule has 1 amide bonds. The number of carbonyl (C=O) groups excluding carboxylic acids is 1. The van der Waals surface area contributed by atoms with Crippen molar-refractivity contribution in [3.05, 3.63) is 128 Å². The predicted molar refractivity (Wildman–Crippen MR) is 155 cm³/mol. The Morgan fingerprint density at radius 2 is 1.66 bits per heavy atom. The molecule has 0 bridgehead atoms. The molecule has 4 aromatic carbocycles. The van der Waals surface area contributed by atoms with Crippen molar-refractivity contribution in [2.75, 3.05) is 5.32 Å². The lowest BCUT2D eigenvalue weighted by atomic mass is 10.0. The van der Waals surface area contributed by atoms with Crippen LogP contribution in [0.3, 0.4) is 0 Å². The topological polar surface area (TPSA) is 64.0 Å². The number of hydrogen-bond acceptors (Lipinski definition) is 3. The van der Waals surface area contributed by atoms with E-state index in [2.05, 4.69) is 12.2 Å². The number of aryl methyl sites for hydroxylation is 1. The number of halogens is 2. The summed E-state index contributed by atoms with van der Waals surface area (Å²) in [4.78, 5) is 31.2. The van der Waals surface area contributed by atoms with Gasteiger partial charge in [-0.05, 0) is 66.1 Å². The van der Waals surface area contributed by atoms with Gasteiger partial charge in [-0.25, -0.2) is 4.98 Å². The zero-order valence-corrected chi connectivity index (χ0v) is 22.3. The highest BCUT2D eigenvalue weighted by atomic mass is 35.5. The van der Waals surface area contributed by atoms with Crippen LogP contribution < -0.4 is 10.9 Å². The maximum Gasteiger partial charge on any atom is 0.261 e. The highest BCUT2D eigenvalue weighted by molar-refractivity contribution is 6.33. The number of fused-ring (bicyclic) bond motifs is 1. The van der Waals surface area contributed by atoms with Crippen molar-refractivity contribution in [3.8, 4) is 11.1 Å². The van der Waals surface area contributed by atoms with Crippen molar-refractivity contribution in [1.29, 1.82) is 0 Å². The van der Waals surface area contributed by atoms with E-state index in [9.17, 15) is 9.59 Å². The Kier molecular flexibility index (Phi) is 7.59. The van der Waals surface area contributed by atoms with Gasteiger partial charge in [0.25, 0.3) is 11.5 Å². The van der Waals surface area contributed by atoms with E-state index in [1.54, 1.807) is 47.0 Å². The third-order valence-corrected chi connectivity index (χ3v) is 6.93. The molecule has 7 heteroatoms. The van der Waals surface area contributed by atoms with Gasteiger partial charge in [-0.3, -0.25) is 14.2 Å². The maximum absolute atomic E-state index is 13.7. The average molecular weight is 542 g/mol. The highest BCUT2D eigenvalue weighted by Crippen LogP contribution is 2.28. The van der Waals surface area contributed by atoms with Gasteiger partial charge in [-0.15, -0.1) is 0 Å². The Balaban J connectivity index is 1.47. The van der Waals surface area contributed by atoms with Crippen LogP contribution in [0.1, 0.15) is 35.1 Å². The van der Waals surface area contributed by atoms with Crippen LogP contribution in [0.4, 0.5) is 5.69 Å². The summed E-state index contributed by atoms with van der Waals surface area (Å²) in [6, 6.07) is 27.6. The molecule has 1 aromatic heterocycles. The number of nitrogens with zero attached hydrogens (tertiary/aromatic N) is 2.